The van der Waals surface area contributed by atoms with Gasteiger partial charge in [-0.25, -0.2) is 15.0 Å². The van der Waals surface area contributed by atoms with Crippen molar-refractivity contribution in [2.75, 3.05) is 31.1 Å². The van der Waals surface area contributed by atoms with Gasteiger partial charge in [0, 0.05) is 43.6 Å². The minimum atomic E-state index is 0.0550. The van der Waals surface area contributed by atoms with Crippen LogP contribution in [0.15, 0.2) is 23.0 Å². The van der Waals surface area contributed by atoms with Crippen molar-refractivity contribution in [1.82, 2.24) is 19.9 Å². The van der Waals surface area contributed by atoms with Crippen LogP contribution in [-0.4, -0.2) is 46.0 Å². The Balaban J connectivity index is 1.20. The lowest BCUT2D eigenvalue weighted by Gasteiger charge is -2.23. The monoisotopic (exact) mass is 367 g/mol. The Bertz CT molecular complexity index is 808. The van der Waals surface area contributed by atoms with E-state index in [1.165, 1.54) is 12.8 Å². The number of likely N-dealkylation sites (tertiary alicyclic amines) is 1. The summed E-state index contributed by atoms with van der Waals surface area (Å²) in [5.41, 5.74) is 1.17. The first-order valence-corrected chi connectivity index (χ1v) is 10.2. The Morgan fingerprint density at radius 3 is 2.44 bits per heavy atom. The number of rotatable bonds is 4. The van der Waals surface area contributed by atoms with Gasteiger partial charge >= 0.3 is 0 Å². The summed E-state index contributed by atoms with van der Waals surface area (Å²) in [4.78, 5) is 18.5. The van der Waals surface area contributed by atoms with Gasteiger partial charge in [-0.15, -0.1) is 0 Å². The Morgan fingerprint density at radius 1 is 1.04 bits per heavy atom. The largest absolute Gasteiger partial charge is 0.444 e. The van der Waals surface area contributed by atoms with E-state index >= 15 is 0 Å². The van der Waals surface area contributed by atoms with Gasteiger partial charge < -0.3 is 9.32 Å². The van der Waals surface area contributed by atoms with Crippen LogP contribution in [0.25, 0.3) is 0 Å². The Labute approximate surface area is 161 Å². The molecule has 2 unspecified atom stereocenters. The summed E-state index contributed by atoms with van der Waals surface area (Å²) in [6.45, 7) is 11.9. The lowest BCUT2D eigenvalue weighted by Crippen LogP contribution is -2.29. The van der Waals surface area contributed by atoms with Crippen molar-refractivity contribution >= 4 is 5.82 Å². The van der Waals surface area contributed by atoms with E-state index in [1.54, 1.807) is 6.33 Å². The summed E-state index contributed by atoms with van der Waals surface area (Å²) in [5.74, 6) is 5.11. The number of anilines is 1. The molecule has 1 saturated carbocycles. The van der Waals surface area contributed by atoms with Crippen LogP contribution in [0.3, 0.4) is 0 Å². The zero-order chi connectivity index (χ0) is 18.6. The molecule has 0 bridgehead atoms. The van der Waals surface area contributed by atoms with Gasteiger partial charge in [0.05, 0.1) is 18.4 Å². The second-order valence-electron chi connectivity index (χ2n) is 9.56. The molecule has 144 valence electrons. The van der Waals surface area contributed by atoms with Crippen LogP contribution < -0.4 is 4.90 Å². The Morgan fingerprint density at radius 2 is 1.78 bits per heavy atom. The SMILES string of the molecule is CC(C)(C)c1cc(N2CC3CN(Cc4ncc(C5CC5)o4)CC3C2)ncn1. The highest BCUT2D eigenvalue weighted by molar-refractivity contribution is 5.42. The number of oxazole rings is 1. The van der Waals surface area contributed by atoms with Crippen molar-refractivity contribution in [2.24, 2.45) is 11.8 Å². The van der Waals surface area contributed by atoms with Gasteiger partial charge in [0.1, 0.15) is 17.9 Å². The second kappa shape index (κ2) is 6.30. The van der Waals surface area contributed by atoms with Crippen LogP contribution in [0, 0.1) is 11.8 Å². The molecule has 5 rings (SSSR count). The molecule has 2 aromatic heterocycles. The molecule has 2 saturated heterocycles. The lowest BCUT2D eigenvalue weighted by molar-refractivity contribution is 0.270. The number of aromatic nitrogens is 3. The Kier molecular flexibility index (Phi) is 4.00. The third-order valence-electron chi connectivity index (χ3n) is 6.22. The summed E-state index contributed by atoms with van der Waals surface area (Å²) in [6, 6.07) is 2.17. The van der Waals surface area contributed by atoms with Gasteiger partial charge in [0.25, 0.3) is 0 Å². The molecule has 0 radical (unpaired) electrons. The molecule has 0 aromatic carbocycles. The number of hydrogen-bond donors (Lipinski definition) is 0. The first-order chi connectivity index (χ1) is 13.0. The highest BCUT2D eigenvalue weighted by Crippen LogP contribution is 2.40. The summed E-state index contributed by atoms with van der Waals surface area (Å²) in [5, 5.41) is 0. The van der Waals surface area contributed by atoms with E-state index in [-0.39, 0.29) is 5.41 Å². The highest BCUT2D eigenvalue weighted by Gasteiger charge is 2.41. The highest BCUT2D eigenvalue weighted by atomic mass is 16.4. The molecular formula is C21H29N5O. The predicted octanol–water partition coefficient (Wildman–Crippen LogP) is 3.21. The van der Waals surface area contributed by atoms with Crippen LogP contribution in [0.2, 0.25) is 0 Å². The summed E-state index contributed by atoms with van der Waals surface area (Å²) < 4.78 is 5.95. The van der Waals surface area contributed by atoms with Crippen molar-refractivity contribution in [3.05, 3.63) is 35.9 Å². The first-order valence-electron chi connectivity index (χ1n) is 10.2. The molecule has 1 aliphatic carbocycles. The van der Waals surface area contributed by atoms with E-state index in [0.717, 1.165) is 55.9 Å². The smallest absolute Gasteiger partial charge is 0.208 e. The van der Waals surface area contributed by atoms with Crippen LogP contribution in [0.5, 0.6) is 0 Å². The van der Waals surface area contributed by atoms with Crippen LogP contribution in [0.1, 0.15) is 56.9 Å². The van der Waals surface area contributed by atoms with Gasteiger partial charge in [-0.3, -0.25) is 4.90 Å². The predicted molar refractivity (Wildman–Crippen MR) is 104 cm³/mol. The molecule has 2 aromatic rings. The maximum atomic E-state index is 5.95. The maximum Gasteiger partial charge on any atom is 0.208 e. The molecule has 2 aliphatic heterocycles. The van der Waals surface area contributed by atoms with E-state index in [0.29, 0.717) is 17.8 Å². The fourth-order valence-corrected chi connectivity index (χ4v) is 4.48. The molecule has 6 nitrogen and oxygen atoms in total. The summed E-state index contributed by atoms with van der Waals surface area (Å²) in [7, 11) is 0. The average Bonchev–Trinajstić information content (AvgIpc) is 3.06. The second-order valence-corrected chi connectivity index (χ2v) is 9.56. The van der Waals surface area contributed by atoms with Gasteiger partial charge in [-0.05, 0) is 24.7 Å². The zero-order valence-corrected chi connectivity index (χ0v) is 16.6. The van der Waals surface area contributed by atoms with Crippen molar-refractivity contribution in [3.8, 4) is 0 Å². The molecule has 2 atom stereocenters. The fourth-order valence-electron chi connectivity index (χ4n) is 4.48. The van der Waals surface area contributed by atoms with Crippen LogP contribution >= 0.6 is 0 Å². The minimum absolute atomic E-state index is 0.0550. The number of nitrogens with zero attached hydrogens (tertiary/aromatic N) is 5. The van der Waals surface area contributed by atoms with Crippen molar-refractivity contribution in [3.63, 3.8) is 0 Å². The van der Waals surface area contributed by atoms with Crippen molar-refractivity contribution in [2.45, 2.75) is 51.5 Å². The third kappa shape index (κ3) is 3.47. The molecular weight excluding hydrogens is 338 g/mol. The summed E-state index contributed by atoms with van der Waals surface area (Å²) >= 11 is 0. The quantitative estimate of drug-likeness (QED) is 0.827. The van der Waals surface area contributed by atoms with E-state index in [4.69, 9.17) is 4.42 Å². The summed E-state index contributed by atoms with van der Waals surface area (Å²) in [6.07, 6.45) is 6.18. The Hall–Kier alpha value is -1.95. The fraction of sp³-hybridized carbons (Fsp3) is 0.667. The van der Waals surface area contributed by atoms with Crippen molar-refractivity contribution in [1.29, 1.82) is 0 Å². The average molecular weight is 367 g/mol. The molecule has 0 amide bonds. The van der Waals surface area contributed by atoms with E-state index in [1.807, 2.05) is 6.20 Å². The number of hydrogen-bond acceptors (Lipinski definition) is 6. The molecule has 3 aliphatic rings. The van der Waals surface area contributed by atoms with Crippen LogP contribution in [-0.2, 0) is 12.0 Å². The molecule has 27 heavy (non-hydrogen) atoms. The lowest BCUT2D eigenvalue weighted by atomic mass is 9.92. The topological polar surface area (TPSA) is 58.3 Å². The van der Waals surface area contributed by atoms with Gasteiger partial charge in [-0.1, -0.05) is 20.8 Å². The molecule has 4 heterocycles. The van der Waals surface area contributed by atoms with Crippen LogP contribution in [0.4, 0.5) is 5.82 Å². The van der Waals surface area contributed by atoms with Crippen molar-refractivity contribution < 1.29 is 4.42 Å². The van der Waals surface area contributed by atoms with E-state index < -0.39 is 0 Å². The number of fused-ring (bicyclic) bond motifs is 1. The molecule has 6 heteroatoms. The van der Waals surface area contributed by atoms with Gasteiger partial charge in [0.15, 0.2) is 0 Å². The van der Waals surface area contributed by atoms with Gasteiger partial charge in [-0.2, -0.15) is 0 Å². The zero-order valence-electron chi connectivity index (χ0n) is 16.6. The molecule has 0 N–H and O–H groups in total. The van der Waals surface area contributed by atoms with Gasteiger partial charge in [0.2, 0.25) is 5.89 Å². The van der Waals surface area contributed by atoms with E-state index in [9.17, 15) is 0 Å². The van der Waals surface area contributed by atoms with E-state index in [2.05, 4.69) is 51.6 Å². The minimum Gasteiger partial charge on any atom is -0.444 e. The first kappa shape index (κ1) is 17.2. The third-order valence-corrected chi connectivity index (χ3v) is 6.22. The normalized spacial score (nSPS) is 26.0. The maximum absolute atomic E-state index is 5.95. The molecule has 3 fully saturated rings. The standard InChI is InChI=1S/C21H29N5O/c1-21(2,3)18-6-19(24-13-23-18)26-10-15-8-25(9-16(15)11-26)12-20-22-7-17(27-20)14-4-5-14/h6-7,13-16H,4-5,8-12H2,1-3H3. The molecule has 0 spiro atoms.